The summed E-state index contributed by atoms with van der Waals surface area (Å²) < 4.78 is 40.0. The fourth-order valence-corrected chi connectivity index (χ4v) is 1.71. The largest absolute Gasteiger partial charge is 0.411 e. The first-order valence-corrected chi connectivity index (χ1v) is 6.54. The Morgan fingerprint density at radius 2 is 2.00 bits per heavy atom. The number of rotatable bonds is 7. The molecule has 1 rings (SSSR count). The number of para-hydroxylation sites is 1. The lowest BCUT2D eigenvalue weighted by Crippen LogP contribution is -2.21. The van der Waals surface area contributed by atoms with Gasteiger partial charge in [-0.25, -0.2) is 0 Å². The molecule has 1 aromatic rings. The first-order chi connectivity index (χ1) is 9.83. The van der Waals surface area contributed by atoms with Crippen molar-refractivity contribution in [2.75, 3.05) is 25.6 Å². The summed E-state index contributed by atoms with van der Waals surface area (Å²) in [5.74, 6) is -0.382. The second-order valence-corrected chi connectivity index (χ2v) is 4.56. The van der Waals surface area contributed by atoms with Crippen LogP contribution >= 0.6 is 0 Å². The number of anilines is 1. The lowest BCUT2D eigenvalue weighted by Gasteiger charge is -2.16. The molecular formula is C14H19F3N2O2. The third kappa shape index (κ3) is 6.59. The van der Waals surface area contributed by atoms with Gasteiger partial charge in [-0.3, -0.25) is 4.79 Å². The van der Waals surface area contributed by atoms with Crippen LogP contribution < -0.4 is 10.6 Å². The van der Waals surface area contributed by atoms with E-state index in [1.54, 1.807) is 19.2 Å². The number of carbonyl (C=O) groups excluding carboxylic acids is 1. The van der Waals surface area contributed by atoms with E-state index in [0.717, 1.165) is 5.56 Å². The van der Waals surface area contributed by atoms with E-state index in [1.165, 1.54) is 0 Å². The lowest BCUT2D eigenvalue weighted by atomic mass is 10.1. The van der Waals surface area contributed by atoms with Crippen molar-refractivity contribution in [1.29, 1.82) is 0 Å². The predicted molar refractivity (Wildman–Crippen MR) is 74.0 cm³/mol. The summed E-state index contributed by atoms with van der Waals surface area (Å²) in [6.45, 7) is 0.334. The van der Waals surface area contributed by atoms with Crippen LogP contribution in [0.4, 0.5) is 18.9 Å². The van der Waals surface area contributed by atoms with Crippen LogP contribution in [-0.2, 0) is 9.53 Å². The maximum atomic E-state index is 11.9. The molecule has 0 saturated heterocycles. The second kappa shape index (κ2) is 7.99. The van der Waals surface area contributed by atoms with E-state index >= 15 is 0 Å². The summed E-state index contributed by atoms with van der Waals surface area (Å²) >= 11 is 0. The summed E-state index contributed by atoms with van der Waals surface area (Å²) in [5, 5.41) is 5.75. The Balaban J connectivity index is 2.48. The van der Waals surface area contributed by atoms with Crippen molar-refractivity contribution in [3.63, 3.8) is 0 Å². The number of carbonyl (C=O) groups is 1. The van der Waals surface area contributed by atoms with Crippen LogP contribution in [0.5, 0.6) is 0 Å². The van der Waals surface area contributed by atoms with Gasteiger partial charge in [0.2, 0.25) is 5.91 Å². The molecule has 0 fully saturated rings. The minimum atomic E-state index is -4.37. The van der Waals surface area contributed by atoms with Gasteiger partial charge in [-0.15, -0.1) is 0 Å². The van der Waals surface area contributed by atoms with Gasteiger partial charge in [0.05, 0.1) is 13.0 Å². The number of hydrogen-bond donors (Lipinski definition) is 2. The molecular weight excluding hydrogens is 285 g/mol. The van der Waals surface area contributed by atoms with E-state index in [9.17, 15) is 18.0 Å². The van der Waals surface area contributed by atoms with Crippen LogP contribution in [0.15, 0.2) is 24.3 Å². The first kappa shape index (κ1) is 17.5. The van der Waals surface area contributed by atoms with E-state index < -0.39 is 12.8 Å². The zero-order chi connectivity index (χ0) is 15.9. The molecule has 0 radical (unpaired) electrons. The van der Waals surface area contributed by atoms with Crippen LogP contribution in [-0.4, -0.2) is 32.3 Å². The number of halogens is 3. The molecule has 4 nitrogen and oxygen atoms in total. The Labute approximate surface area is 121 Å². The molecule has 118 valence electrons. The SMILES string of the molecule is CNC(C)c1ccccc1NC(=O)CCOCC(F)(F)F. The Morgan fingerprint density at radius 3 is 2.62 bits per heavy atom. The third-order valence-electron chi connectivity index (χ3n) is 2.87. The number of ether oxygens (including phenoxy) is 1. The van der Waals surface area contributed by atoms with Gasteiger partial charge in [0.15, 0.2) is 0 Å². The van der Waals surface area contributed by atoms with Crippen LogP contribution in [0, 0.1) is 0 Å². The first-order valence-electron chi connectivity index (χ1n) is 6.54. The molecule has 1 unspecified atom stereocenters. The molecule has 7 heteroatoms. The van der Waals surface area contributed by atoms with Gasteiger partial charge in [-0.1, -0.05) is 18.2 Å². The van der Waals surface area contributed by atoms with Crippen LogP contribution in [0.1, 0.15) is 24.9 Å². The highest BCUT2D eigenvalue weighted by molar-refractivity contribution is 5.91. The zero-order valence-electron chi connectivity index (χ0n) is 12.0. The van der Waals surface area contributed by atoms with Gasteiger partial charge in [0.1, 0.15) is 6.61 Å². The number of benzene rings is 1. The molecule has 0 aliphatic carbocycles. The summed E-state index contributed by atoms with van der Waals surface area (Å²) in [6.07, 6.45) is -4.50. The van der Waals surface area contributed by atoms with Crippen molar-refractivity contribution in [2.24, 2.45) is 0 Å². The number of hydrogen-bond acceptors (Lipinski definition) is 3. The molecule has 0 aliphatic heterocycles. The molecule has 0 saturated carbocycles. The van der Waals surface area contributed by atoms with Gasteiger partial charge in [0, 0.05) is 11.7 Å². The average molecular weight is 304 g/mol. The number of alkyl halides is 3. The maximum absolute atomic E-state index is 11.9. The van der Waals surface area contributed by atoms with Crippen molar-refractivity contribution in [3.05, 3.63) is 29.8 Å². The monoisotopic (exact) mass is 304 g/mol. The van der Waals surface area contributed by atoms with E-state index in [4.69, 9.17) is 0 Å². The van der Waals surface area contributed by atoms with E-state index in [-0.39, 0.29) is 25.0 Å². The molecule has 0 aromatic heterocycles. The minimum absolute atomic E-state index is 0.0444. The topological polar surface area (TPSA) is 50.4 Å². The van der Waals surface area contributed by atoms with Crippen molar-refractivity contribution in [3.8, 4) is 0 Å². The highest BCUT2D eigenvalue weighted by atomic mass is 19.4. The Bertz CT molecular complexity index is 464. The predicted octanol–water partition coefficient (Wildman–Crippen LogP) is 2.87. The zero-order valence-corrected chi connectivity index (χ0v) is 12.0. The Morgan fingerprint density at radius 1 is 1.33 bits per heavy atom. The normalized spacial score (nSPS) is 13.0. The fourth-order valence-electron chi connectivity index (χ4n) is 1.71. The molecule has 0 bridgehead atoms. The highest BCUT2D eigenvalue weighted by Gasteiger charge is 2.27. The van der Waals surface area contributed by atoms with Crippen LogP contribution in [0.2, 0.25) is 0 Å². The highest BCUT2D eigenvalue weighted by Crippen LogP contribution is 2.22. The molecule has 0 heterocycles. The van der Waals surface area contributed by atoms with Gasteiger partial charge in [-0.2, -0.15) is 13.2 Å². The fraction of sp³-hybridized carbons (Fsp3) is 0.500. The number of amides is 1. The molecule has 0 spiro atoms. The van der Waals surface area contributed by atoms with Crippen molar-refractivity contribution >= 4 is 11.6 Å². The Kier molecular flexibility index (Phi) is 6.64. The summed E-state index contributed by atoms with van der Waals surface area (Å²) in [5.41, 5.74) is 1.55. The molecule has 1 atom stereocenters. The minimum Gasteiger partial charge on any atom is -0.372 e. The van der Waals surface area contributed by atoms with Gasteiger partial charge < -0.3 is 15.4 Å². The van der Waals surface area contributed by atoms with Gasteiger partial charge >= 0.3 is 6.18 Å². The standard InChI is InChI=1S/C14H19F3N2O2/c1-10(18-2)11-5-3-4-6-12(11)19-13(20)7-8-21-9-14(15,16)17/h3-6,10,18H,7-9H2,1-2H3,(H,19,20). The molecule has 2 N–H and O–H groups in total. The maximum Gasteiger partial charge on any atom is 0.411 e. The van der Waals surface area contributed by atoms with Crippen LogP contribution in [0.3, 0.4) is 0 Å². The molecule has 21 heavy (non-hydrogen) atoms. The van der Waals surface area contributed by atoms with Crippen molar-refractivity contribution < 1.29 is 22.7 Å². The van der Waals surface area contributed by atoms with E-state index in [1.807, 2.05) is 19.1 Å². The Hall–Kier alpha value is -1.60. The molecule has 1 amide bonds. The summed E-state index contributed by atoms with van der Waals surface area (Å²) in [4.78, 5) is 11.7. The second-order valence-electron chi connectivity index (χ2n) is 4.56. The summed E-state index contributed by atoms with van der Waals surface area (Å²) in [7, 11) is 1.80. The van der Waals surface area contributed by atoms with E-state index in [2.05, 4.69) is 15.4 Å². The number of nitrogens with one attached hydrogen (secondary N) is 2. The summed E-state index contributed by atoms with van der Waals surface area (Å²) in [6, 6.07) is 7.30. The van der Waals surface area contributed by atoms with Crippen molar-refractivity contribution in [2.45, 2.75) is 25.6 Å². The van der Waals surface area contributed by atoms with Crippen molar-refractivity contribution in [1.82, 2.24) is 5.32 Å². The molecule has 0 aliphatic rings. The third-order valence-corrected chi connectivity index (χ3v) is 2.87. The van der Waals surface area contributed by atoms with Crippen LogP contribution in [0.25, 0.3) is 0 Å². The van der Waals surface area contributed by atoms with Gasteiger partial charge in [-0.05, 0) is 25.6 Å². The molecule has 1 aromatic carbocycles. The van der Waals surface area contributed by atoms with E-state index in [0.29, 0.717) is 5.69 Å². The van der Waals surface area contributed by atoms with Gasteiger partial charge in [0.25, 0.3) is 0 Å². The smallest absolute Gasteiger partial charge is 0.372 e. The quantitative estimate of drug-likeness (QED) is 0.762. The average Bonchev–Trinajstić information content (AvgIpc) is 2.42. The lowest BCUT2D eigenvalue weighted by molar-refractivity contribution is -0.174.